The second kappa shape index (κ2) is 5.32. The van der Waals surface area contributed by atoms with E-state index in [1.165, 1.54) is 24.3 Å². The highest BCUT2D eigenvalue weighted by Gasteiger charge is 2.01. The van der Waals surface area contributed by atoms with Gasteiger partial charge in [0, 0.05) is 6.08 Å². The van der Waals surface area contributed by atoms with Crippen molar-refractivity contribution in [2.45, 2.75) is 0 Å². The Morgan fingerprint density at radius 3 is 2.41 bits per heavy atom. The van der Waals surface area contributed by atoms with E-state index in [0.29, 0.717) is 0 Å². The van der Waals surface area contributed by atoms with Crippen molar-refractivity contribution in [2.75, 3.05) is 0 Å². The molecule has 8 heteroatoms. The van der Waals surface area contributed by atoms with Crippen molar-refractivity contribution in [3.8, 4) is 5.75 Å². The van der Waals surface area contributed by atoms with Gasteiger partial charge in [0.05, 0.1) is 5.69 Å². The fraction of sp³-hybridized carbons (Fsp3) is 0. The van der Waals surface area contributed by atoms with Crippen LogP contribution in [0.15, 0.2) is 46.6 Å². The Kier molecular flexibility index (Phi) is 4.07. The summed E-state index contributed by atoms with van der Waals surface area (Å²) in [5.41, 5.74) is 0.182. The van der Waals surface area contributed by atoms with E-state index in [1.54, 1.807) is 0 Å². The van der Waals surface area contributed by atoms with Gasteiger partial charge in [0.25, 0.3) is 0 Å². The first kappa shape index (κ1) is 13.0. The zero-order valence-electron chi connectivity index (χ0n) is 8.48. The molecule has 0 heterocycles. The molecule has 0 unspecified atom stereocenters. The molecule has 0 bridgehead atoms. The Morgan fingerprint density at radius 2 is 1.94 bits per heavy atom. The minimum Gasteiger partial charge on any atom is -0.423 e. The predicted octanol–water partition coefficient (Wildman–Crippen LogP) is 1.66. The fourth-order valence-corrected chi connectivity index (χ4v) is 1.03. The monoisotopic (exact) mass is 256 g/mol. The number of carbonyl (C=O) groups excluding carboxylic acids is 1. The van der Waals surface area contributed by atoms with Gasteiger partial charge in [-0.05, 0) is 28.8 Å². The second-order valence-electron chi connectivity index (χ2n) is 2.75. The number of benzene rings is 1. The van der Waals surface area contributed by atoms with Crippen LogP contribution in [-0.2, 0) is 15.1 Å². The van der Waals surface area contributed by atoms with E-state index in [0.717, 1.165) is 6.08 Å². The van der Waals surface area contributed by atoms with E-state index < -0.39 is 16.3 Å². The zero-order chi connectivity index (χ0) is 12.9. The second-order valence-corrected chi connectivity index (χ2v) is 3.81. The summed E-state index contributed by atoms with van der Waals surface area (Å²) in [7, 11) is -4.50. The molecular weight excluding hydrogens is 248 g/mol. The quantitative estimate of drug-likeness (QED) is 0.290. The highest BCUT2D eigenvalue weighted by Crippen LogP contribution is 2.18. The van der Waals surface area contributed by atoms with Gasteiger partial charge in [0.15, 0.2) is 0 Å². The molecular formula is C9H8N2O5S. The van der Waals surface area contributed by atoms with Crippen LogP contribution in [0.1, 0.15) is 0 Å². The molecule has 1 aromatic rings. The molecule has 0 atom stereocenters. The Bertz CT molecular complexity index is 547. The molecule has 7 nitrogen and oxygen atoms in total. The lowest BCUT2D eigenvalue weighted by Crippen LogP contribution is -2.02. The molecule has 0 spiro atoms. The van der Waals surface area contributed by atoms with Crippen LogP contribution in [0, 0.1) is 0 Å². The standard InChI is InChI=1S/C9H8N2O5S/c1-2-9(12)16-8-5-3-7(4-6-8)10-11-17(13,14)15/h2-6H,1H2,(H,13,14,15). The van der Waals surface area contributed by atoms with Crippen LogP contribution in [0.4, 0.5) is 5.69 Å². The Balaban J connectivity index is 2.78. The van der Waals surface area contributed by atoms with Gasteiger partial charge in [0.1, 0.15) is 5.75 Å². The Labute approximate surface area is 97.3 Å². The Hall–Kier alpha value is -2.06. The summed E-state index contributed by atoms with van der Waals surface area (Å²) in [5, 5.41) is 3.24. The van der Waals surface area contributed by atoms with Crippen LogP contribution in [-0.4, -0.2) is 18.9 Å². The fourth-order valence-electron chi connectivity index (χ4n) is 0.837. The molecule has 1 N–H and O–H groups in total. The molecule has 0 aliphatic heterocycles. The number of hydrogen-bond donors (Lipinski definition) is 1. The molecule has 90 valence electrons. The maximum atomic E-state index is 10.8. The number of esters is 1. The number of nitrogens with zero attached hydrogens (tertiary/aromatic N) is 2. The normalized spacial score (nSPS) is 11.4. The van der Waals surface area contributed by atoms with Gasteiger partial charge in [-0.1, -0.05) is 6.58 Å². The van der Waals surface area contributed by atoms with Gasteiger partial charge in [-0.2, -0.15) is 8.42 Å². The third-order valence-corrected chi connectivity index (χ3v) is 1.77. The number of ether oxygens (including phenoxy) is 1. The molecule has 0 aliphatic rings. The van der Waals surface area contributed by atoms with Crippen molar-refractivity contribution < 1.29 is 22.5 Å². The van der Waals surface area contributed by atoms with E-state index in [1.807, 2.05) is 0 Å². The van der Waals surface area contributed by atoms with Crippen LogP contribution < -0.4 is 4.74 Å². The lowest BCUT2D eigenvalue weighted by Gasteiger charge is -2.00. The van der Waals surface area contributed by atoms with Crippen molar-refractivity contribution in [1.82, 2.24) is 0 Å². The van der Waals surface area contributed by atoms with Crippen LogP contribution >= 0.6 is 0 Å². The smallest absolute Gasteiger partial charge is 0.396 e. The summed E-state index contributed by atoms with van der Waals surface area (Å²) < 4.78 is 36.3. The summed E-state index contributed by atoms with van der Waals surface area (Å²) in [6.07, 6.45) is 1.01. The van der Waals surface area contributed by atoms with Gasteiger partial charge < -0.3 is 4.74 Å². The van der Waals surface area contributed by atoms with Crippen molar-refractivity contribution in [1.29, 1.82) is 0 Å². The van der Waals surface area contributed by atoms with Gasteiger partial charge in [0.2, 0.25) is 0 Å². The van der Waals surface area contributed by atoms with Crippen molar-refractivity contribution >= 4 is 22.0 Å². The van der Waals surface area contributed by atoms with Crippen molar-refractivity contribution in [3.05, 3.63) is 36.9 Å². The number of carbonyl (C=O) groups is 1. The molecule has 0 aromatic heterocycles. The first-order valence-corrected chi connectivity index (χ1v) is 5.65. The third-order valence-electron chi connectivity index (χ3n) is 1.48. The lowest BCUT2D eigenvalue weighted by atomic mass is 10.3. The first-order valence-electron chi connectivity index (χ1n) is 4.25. The number of hydrogen-bond acceptors (Lipinski definition) is 5. The maximum Gasteiger partial charge on any atom is 0.396 e. The van der Waals surface area contributed by atoms with Gasteiger partial charge >= 0.3 is 16.3 Å². The van der Waals surface area contributed by atoms with E-state index in [-0.39, 0.29) is 11.4 Å². The average molecular weight is 256 g/mol. The molecule has 0 amide bonds. The average Bonchev–Trinajstić information content (AvgIpc) is 2.27. The first-order chi connectivity index (χ1) is 7.90. The van der Waals surface area contributed by atoms with Crippen molar-refractivity contribution in [2.24, 2.45) is 9.63 Å². The summed E-state index contributed by atoms with van der Waals surface area (Å²) in [6.45, 7) is 3.23. The topological polar surface area (TPSA) is 105 Å². The lowest BCUT2D eigenvalue weighted by molar-refractivity contribution is -0.128. The molecule has 17 heavy (non-hydrogen) atoms. The largest absolute Gasteiger partial charge is 0.423 e. The summed E-state index contributed by atoms with van der Waals surface area (Å²) in [6, 6.07) is 5.50. The van der Waals surface area contributed by atoms with E-state index in [2.05, 4.69) is 16.2 Å². The van der Waals surface area contributed by atoms with E-state index in [9.17, 15) is 13.2 Å². The molecule has 0 aliphatic carbocycles. The highest BCUT2D eigenvalue weighted by atomic mass is 32.2. The summed E-state index contributed by atoms with van der Waals surface area (Å²) in [4.78, 5) is 10.8. The van der Waals surface area contributed by atoms with Crippen LogP contribution in [0.3, 0.4) is 0 Å². The molecule has 1 aromatic carbocycles. The van der Waals surface area contributed by atoms with Crippen molar-refractivity contribution in [3.63, 3.8) is 0 Å². The van der Waals surface area contributed by atoms with Gasteiger partial charge in [-0.25, -0.2) is 4.79 Å². The van der Waals surface area contributed by atoms with E-state index in [4.69, 9.17) is 9.29 Å². The minimum absolute atomic E-state index is 0.182. The predicted molar refractivity (Wildman–Crippen MR) is 58.3 cm³/mol. The molecule has 0 radical (unpaired) electrons. The maximum absolute atomic E-state index is 10.8. The van der Waals surface area contributed by atoms with Gasteiger partial charge in [-0.15, -0.1) is 5.11 Å². The summed E-state index contributed by atoms with van der Waals surface area (Å²) in [5.74, 6) is -0.363. The molecule has 0 saturated heterocycles. The Morgan fingerprint density at radius 1 is 1.35 bits per heavy atom. The highest BCUT2D eigenvalue weighted by molar-refractivity contribution is 7.84. The van der Waals surface area contributed by atoms with Crippen LogP contribution in [0.5, 0.6) is 5.75 Å². The van der Waals surface area contributed by atoms with Gasteiger partial charge in [-0.3, -0.25) is 4.55 Å². The third kappa shape index (κ3) is 5.00. The number of rotatable bonds is 4. The molecule has 0 saturated carbocycles. The molecule has 0 fully saturated rings. The molecule has 1 rings (SSSR count). The van der Waals surface area contributed by atoms with Crippen LogP contribution in [0.2, 0.25) is 0 Å². The zero-order valence-corrected chi connectivity index (χ0v) is 9.29. The van der Waals surface area contributed by atoms with Crippen LogP contribution in [0.25, 0.3) is 0 Å². The summed E-state index contributed by atoms with van der Waals surface area (Å²) >= 11 is 0. The van der Waals surface area contributed by atoms with E-state index >= 15 is 0 Å². The SMILES string of the molecule is C=CC(=O)Oc1ccc(N=NS(=O)(=O)O)cc1. The minimum atomic E-state index is -4.50.